The van der Waals surface area contributed by atoms with E-state index in [0.717, 1.165) is 24.8 Å². The summed E-state index contributed by atoms with van der Waals surface area (Å²) in [6, 6.07) is -0.190. The third-order valence-electron chi connectivity index (χ3n) is 3.78. The summed E-state index contributed by atoms with van der Waals surface area (Å²) in [5.41, 5.74) is 0.599. The molecule has 1 N–H and O–H groups in total. The minimum atomic E-state index is -0.537. The number of nitrogens with one attached hydrogen (secondary N) is 1. The average molecular weight is 281 g/mol. The van der Waals surface area contributed by atoms with E-state index in [1.165, 1.54) is 0 Å². The van der Waals surface area contributed by atoms with Gasteiger partial charge in [-0.3, -0.25) is 4.79 Å². The molecule has 20 heavy (non-hydrogen) atoms. The fourth-order valence-electron chi connectivity index (χ4n) is 2.88. The van der Waals surface area contributed by atoms with E-state index in [-0.39, 0.29) is 30.5 Å². The molecule has 1 saturated carbocycles. The van der Waals surface area contributed by atoms with Crippen LogP contribution in [0.2, 0.25) is 0 Å². The van der Waals surface area contributed by atoms with Gasteiger partial charge in [-0.2, -0.15) is 0 Å². The molecule has 1 heterocycles. The first-order chi connectivity index (χ1) is 9.26. The van der Waals surface area contributed by atoms with Crippen LogP contribution in [0.4, 0.5) is 4.79 Å². The Balaban J connectivity index is 2.01. The van der Waals surface area contributed by atoms with E-state index in [2.05, 4.69) is 11.9 Å². The molecule has 2 fully saturated rings. The number of alkyl carbamates (subject to hydrolysis) is 1. The van der Waals surface area contributed by atoms with Gasteiger partial charge in [0.2, 0.25) is 0 Å². The van der Waals surface area contributed by atoms with E-state index in [1.54, 1.807) is 0 Å². The SMILES string of the molecule is C=C1CCC2C(=O)OCC(NC(=O)OC(C)(C)C)C2C1. The van der Waals surface area contributed by atoms with E-state index < -0.39 is 11.7 Å². The Kier molecular flexibility index (Phi) is 4.06. The number of rotatable bonds is 1. The van der Waals surface area contributed by atoms with Crippen LogP contribution in [0.15, 0.2) is 12.2 Å². The standard InChI is InChI=1S/C15H23NO4/c1-9-5-6-10-11(7-9)12(8-19-13(10)17)16-14(18)20-15(2,3)4/h10-12H,1,5-8H2,2-4H3,(H,16,18). The summed E-state index contributed by atoms with van der Waals surface area (Å²) < 4.78 is 10.4. The van der Waals surface area contributed by atoms with Gasteiger partial charge in [0.25, 0.3) is 0 Å². The molecule has 1 amide bonds. The van der Waals surface area contributed by atoms with Crippen LogP contribution in [0, 0.1) is 11.8 Å². The van der Waals surface area contributed by atoms with Gasteiger partial charge >= 0.3 is 12.1 Å². The Hall–Kier alpha value is -1.52. The van der Waals surface area contributed by atoms with E-state index in [1.807, 2.05) is 20.8 Å². The molecule has 112 valence electrons. The summed E-state index contributed by atoms with van der Waals surface area (Å²) in [6.07, 6.45) is 1.92. The molecule has 0 aromatic rings. The Bertz CT molecular complexity index is 424. The van der Waals surface area contributed by atoms with Crippen LogP contribution in [0.1, 0.15) is 40.0 Å². The summed E-state index contributed by atoms with van der Waals surface area (Å²) >= 11 is 0. The quantitative estimate of drug-likeness (QED) is 0.592. The summed E-state index contributed by atoms with van der Waals surface area (Å²) in [5.74, 6) is -0.205. The molecule has 0 radical (unpaired) electrons. The third-order valence-corrected chi connectivity index (χ3v) is 3.78. The number of carbonyl (C=O) groups excluding carboxylic acids is 2. The zero-order valence-corrected chi connectivity index (χ0v) is 12.4. The van der Waals surface area contributed by atoms with Crippen molar-refractivity contribution >= 4 is 12.1 Å². The number of fused-ring (bicyclic) bond motifs is 1. The van der Waals surface area contributed by atoms with E-state index in [4.69, 9.17) is 9.47 Å². The molecule has 3 atom stereocenters. The largest absolute Gasteiger partial charge is 0.463 e. The molecule has 5 nitrogen and oxygen atoms in total. The molecular formula is C15H23NO4. The summed E-state index contributed by atoms with van der Waals surface area (Å²) in [5, 5.41) is 2.84. The van der Waals surface area contributed by atoms with Gasteiger partial charge in [-0.05, 0) is 46.0 Å². The van der Waals surface area contributed by atoms with Gasteiger partial charge in [-0.15, -0.1) is 0 Å². The average Bonchev–Trinajstić information content (AvgIpc) is 2.30. The van der Waals surface area contributed by atoms with E-state index in [9.17, 15) is 9.59 Å². The lowest BCUT2D eigenvalue weighted by molar-refractivity contribution is -0.160. The number of amides is 1. The van der Waals surface area contributed by atoms with Gasteiger partial charge in [-0.1, -0.05) is 12.2 Å². The Morgan fingerprint density at radius 2 is 2.15 bits per heavy atom. The maximum absolute atomic E-state index is 11.9. The van der Waals surface area contributed by atoms with Crippen LogP contribution < -0.4 is 5.32 Å². The van der Waals surface area contributed by atoms with E-state index in [0.29, 0.717) is 0 Å². The van der Waals surface area contributed by atoms with Gasteiger partial charge < -0.3 is 14.8 Å². The molecule has 1 aliphatic heterocycles. The van der Waals surface area contributed by atoms with Crippen LogP contribution in [0.5, 0.6) is 0 Å². The van der Waals surface area contributed by atoms with Crippen molar-refractivity contribution in [1.29, 1.82) is 0 Å². The number of allylic oxidation sites excluding steroid dienone is 1. The molecule has 0 aromatic heterocycles. The molecule has 1 aliphatic carbocycles. The smallest absolute Gasteiger partial charge is 0.408 e. The molecule has 0 aromatic carbocycles. The van der Waals surface area contributed by atoms with Crippen molar-refractivity contribution in [2.75, 3.05) is 6.61 Å². The number of cyclic esters (lactones) is 1. The van der Waals surface area contributed by atoms with Gasteiger partial charge in [0, 0.05) is 0 Å². The predicted molar refractivity (Wildman–Crippen MR) is 74.1 cm³/mol. The van der Waals surface area contributed by atoms with Crippen molar-refractivity contribution in [2.24, 2.45) is 11.8 Å². The van der Waals surface area contributed by atoms with Gasteiger partial charge in [0.1, 0.15) is 12.2 Å². The first-order valence-electron chi connectivity index (χ1n) is 7.09. The van der Waals surface area contributed by atoms with Gasteiger partial charge in [0.15, 0.2) is 0 Å². The van der Waals surface area contributed by atoms with Gasteiger partial charge in [-0.25, -0.2) is 4.79 Å². The first-order valence-corrected chi connectivity index (χ1v) is 7.09. The molecular weight excluding hydrogens is 258 g/mol. The lowest BCUT2D eigenvalue weighted by Gasteiger charge is -2.40. The highest BCUT2D eigenvalue weighted by atomic mass is 16.6. The summed E-state index contributed by atoms with van der Waals surface area (Å²) in [4.78, 5) is 23.7. The molecule has 5 heteroatoms. The number of hydrogen-bond donors (Lipinski definition) is 1. The number of ether oxygens (including phenoxy) is 2. The monoisotopic (exact) mass is 281 g/mol. The van der Waals surface area contributed by atoms with Crippen molar-refractivity contribution in [3.63, 3.8) is 0 Å². The normalized spacial score (nSPS) is 30.2. The number of carbonyl (C=O) groups is 2. The lowest BCUT2D eigenvalue weighted by atomic mass is 9.72. The molecule has 0 bridgehead atoms. The Morgan fingerprint density at radius 3 is 2.80 bits per heavy atom. The maximum Gasteiger partial charge on any atom is 0.408 e. The second-order valence-corrected chi connectivity index (χ2v) is 6.65. The highest BCUT2D eigenvalue weighted by molar-refractivity contribution is 5.75. The van der Waals surface area contributed by atoms with Gasteiger partial charge in [0.05, 0.1) is 12.0 Å². The van der Waals surface area contributed by atoms with Crippen molar-refractivity contribution in [2.45, 2.75) is 51.7 Å². The Labute approximate surface area is 119 Å². The minimum Gasteiger partial charge on any atom is -0.463 e. The number of hydrogen-bond acceptors (Lipinski definition) is 4. The predicted octanol–water partition coefficient (Wildman–Crippen LogP) is 2.41. The fraction of sp³-hybridized carbons (Fsp3) is 0.733. The minimum absolute atomic E-state index is 0.0741. The Morgan fingerprint density at radius 1 is 1.45 bits per heavy atom. The zero-order chi connectivity index (χ0) is 14.9. The van der Waals surface area contributed by atoms with Crippen LogP contribution in [0.25, 0.3) is 0 Å². The molecule has 0 spiro atoms. The van der Waals surface area contributed by atoms with Crippen LogP contribution in [-0.4, -0.2) is 30.3 Å². The first kappa shape index (κ1) is 14.9. The second-order valence-electron chi connectivity index (χ2n) is 6.65. The van der Waals surface area contributed by atoms with E-state index >= 15 is 0 Å². The highest BCUT2D eigenvalue weighted by Crippen LogP contribution is 2.38. The third kappa shape index (κ3) is 3.52. The second kappa shape index (κ2) is 5.46. The summed E-state index contributed by atoms with van der Waals surface area (Å²) in [6.45, 7) is 9.68. The van der Waals surface area contributed by atoms with Crippen LogP contribution in [0.3, 0.4) is 0 Å². The summed E-state index contributed by atoms with van der Waals surface area (Å²) in [7, 11) is 0. The zero-order valence-electron chi connectivity index (χ0n) is 12.4. The number of esters is 1. The maximum atomic E-state index is 11.9. The fourth-order valence-corrected chi connectivity index (χ4v) is 2.88. The topological polar surface area (TPSA) is 64.6 Å². The molecule has 3 unspecified atom stereocenters. The van der Waals surface area contributed by atoms with Crippen molar-refractivity contribution in [3.8, 4) is 0 Å². The lowest BCUT2D eigenvalue weighted by Crippen LogP contribution is -2.53. The van der Waals surface area contributed by atoms with Crippen molar-refractivity contribution in [3.05, 3.63) is 12.2 Å². The molecule has 1 saturated heterocycles. The highest BCUT2D eigenvalue weighted by Gasteiger charge is 2.43. The molecule has 2 rings (SSSR count). The van der Waals surface area contributed by atoms with Crippen LogP contribution in [-0.2, 0) is 14.3 Å². The molecule has 2 aliphatic rings. The van der Waals surface area contributed by atoms with Crippen molar-refractivity contribution < 1.29 is 19.1 Å². The van der Waals surface area contributed by atoms with Crippen molar-refractivity contribution in [1.82, 2.24) is 5.32 Å². The van der Waals surface area contributed by atoms with Crippen LogP contribution >= 0.6 is 0 Å².